The average molecular weight is 232 g/mol. The maximum atomic E-state index is 12.0. The first-order valence-electron chi connectivity index (χ1n) is 4.56. The summed E-state index contributed by atoms with van der Waals surface area (Å²) in [6.45, 7) is 2.27. The van der Waals surface area contributed by atoms with Gasteiger partial charge in [0.25, 0.3) is 0 Å². The molecule has 0 aromatic carbocycles. The highest BCUT2D eigenvalue weighted by atomic mass is 32.2. The Morgan fingerprint density at radius 2 is 2.20 bits per heavy atom. The van der Waals surface area contributed by atoms with Crippen molar-refractivity contribution in [1.82, 2.24) is 14.1 Å². The van der Waals surface area contributed by atoms with Crippen LogP contribution in [-0.4, -0.2) is 42.6 Å². The van der Waals surface area contributed by atoms with Crippen LogP contribution in [0.1, 0.15) is 5.69 Å². The minimum atomic E-state index is -3.44. The highest BCUT2D eigenvalue weighted by molar-refractivity contribution is 7.89. The van der Waals surface area contributed by atoms with Crippen molar-refractivity contribution in [2.45, 2.75) is 11.8 Å². The molecule has 0 spiro atoms. The summed E-state index contributed by atoms with van der Waals surface area (Å²) in [5, 5.41) is 4.00. The second-order valence-electron chi connectivity index (χ2n) is 3.37. The maximum Gasteiger partial charge on any atom is 0.246 e. The number of nitrogens with zero attached hydrogens (tertiary/aromatic N) is 3. The Bertz CT molecular complexity index is 437. The summed E-state index contributed by atoms with van der Waals surface area (Å²) in [5.74, 6) is 0. The van der Waals surface area contributed by atoms with E-state index < -0.39 is 10.0 Å². The van der Waals surface area contributed by atoms with E-state index in [2.05, 4.69) is 5.10 Å². The lowest BCUT2D eigenvalue weighted by Gasteiger charge is -2.14. The molecular formula is C8H16N4O2S. The van der Waals surface area contributed by atoms with Crippen LogP contribution < -0.4 is 5.73 Å². The van der Waals surface area contributed by atoms with E-state index in [0.717, 1.165) is 0 Å². The molecule has 0 fully saturated rings. The molecule has 1 rings (SSSR count). The summed E-state index contributed by atoms with van der Waals surface area (Å²) in [6, 6.07) is 0. The summed E-state index contributed by atoms with van der Waals surface area (Å²) in [7, 11) is -0.243. The zero-order valence-electron chi connectivity index (χ0n) is 9.14. The monoisotopic (exact) mass is 232 g/mol. The molecule has 0 saturated heterocycles. The van der Waals surface area contributed by atoms with Crippen molar-refractivity contribution in [3.8, 4) is 0 Å². The lowest BCUT2D eigenvalue weighted by atomic mass is 10.5. The van der Waals surface area contributed by atoms with E-state index >= 15 is 0 Å². The van der Waals surface area contributed by atoms with Gasteiger partial charge in [0.05, 0.1) is 5.69 Å². The van der Waals surface area contributed by atoms with Gasteiger partial charge in [0.15, 0.2) is 0 Å². The van der Waals surface area contributed by atoms with Crippen LogP contribution in [0, 0.1) is 6.92 Å². The lowest BCUT2D eigenvalue weighted by Crippen LogP contribution is -2.31. The number of likely N-dealkylation sites (N-methyl/N-ethyl adjacent to an activating group) is 1. The molecule has 7 heteroatoms. The molecule has 1 aromatic heterocycles. The number of hydrogen-bond acceptors (Lipinski definition) is 4. The zero-order chi connectivity index (χ0) is 11.6. The molecule has 0 unspecified atom stereocenters. The van der Waals surface area contributed by atoms with Crippen LogP contribution in [0.3, 0.4) is 0 Å². The van der Waals surface area contributed by atoms with Gasteiger partial charge in [-0.3, -0.25) is 4.68 Å². The van der Waals surface area contributed by atoms with E-state index in [0.29, 0.717) is 18.8 Å². The molecule has 0 bridgehead atoms. The third-order valence-corrected chi connectivity index (χ3v) is 4.06. The number of nitrogens with two attached hydrogens (primary N) is 1. The summed E-state index contributed by atoms with van der Waals surface area (Å²) in [4.78, 5) is 0.237. The highest BCUT2D eigenvalue weighted by Gasteiger charge is 2.24. The van der Waals surface area contributed by atoms with E-state index in [4.69, 9.17) is 5.73 Å². The van der Waals surface area contributed by atoms with Gasteiger partial charge in [-0.25, -0.2) is 8.42 Å². The van der Waals surface area contributed by atoms with Crippen molar-refractivity contribution in [2.24, 2.45) is 12.8 Å². The van der Waals surface area contributed by atoms with Crippen LogP contribution >= 0.6 is 0 Å². The third kappa shape index (κ3) is 2.36. The van der Waals surface area contributed by atoms with Crippen molar-refractivity contribution in [1.29, 1.82) is 0 Å². The predicted octanol–water partition coefficient (Wildman–Crippen LogP) is -0.692. The van der Waals surface area contributed by atoms with Gasteiger partial charge >= 0.3 is 0 Å². The summed E-state index contributed by atoms with van der Waals surface area (Å²) >= 11 is 0. The first kappa shape index (κ1) is 12.2. The Kier molecular flexibility index (Phi) is 3.48. The Labute approximate surface area is 89.7 Å². The number of aromatic nitrogens is 2. The van der Waals surface area contributed by atoms with E-state index in [1.807, 2.05) is 0 Å². The number of hydrogen-bond donors (Lipinski definition) is 1. The van der Waals surface area contributed by atoms with Gasteiger partial charge in [-0.2, -0.15) is 9.40 Å². The van der Waals surface area contributed by atoms with Crippen LogP contribution in [-0.2, 0) is 17.1 Å². The van der Waals surface area contributed by atoms with Gasteiger partial charge in [0.1, 0.15) is 4.90 Å². The van der Waals surface area contributed by atoms with Crippen molar-refractivity contribution in [3.63, 3.8) is 0 Å². The Morgan fingerprint density at radius 1 is 1.60 bits per heavy atom. The lowest BCUT2D eigenvalue weighted by molar-refractivity contribution is 0.476. The summed E-state index contributed by atoms with van der Waals surface area (Å²) < 4.78 is 26.7. The largest absolute Gasteiger partial charge is 0.329 e. The van der Waals surface area contributed by atoms with Gasteiger partial charge in [0.2, 0.25) is 10.0 Å². The van der Waals surface area contributed by atoms with Crippen molar-refractivity contribution >= 4 is 10.0 Å². The van der Waals surface area contributed by atoms with Crippen molar-refractivity contribution < 1.29 is 8.42 Å². The number of rotatable bonds is 4. The van der Waals surface area contributed by atoms with Crippen LogP contribution in [0.2, 0.25) is 0 Å². The van der Waals surface area contributed by atoms with E-state index in [1.165, 1.54) is 22.2 Å². The smallest absolute Gasteiger partial charge is 0.246 e. The molecular weight excluding hydrogens is 216 g/mol. The van der Waals surface area contributed by atoms with Crippen LogP contribution in [0.15, 0.2) is 11.1 Å². The summed E-state index contributed by atoms with van der Waals surface area (Å²) in [6.07, 6.45) is 1.50. The van der Waals surface area contributed by atoms with Crippen molar-refractivity contribution in [3.05, 3.63) is 11.9 Å². The molecule has 0 aliphatic rings. The van der Waals surface area contributed by atoms with E-state index in [-0.39, 0.29) is 4.90 Å². The minimum Gasteiger partial charge on any atom is -0.329 e. The van der Waals surface area contributed by atoms with Gasteiger partial charge in [-0.05, 0) is 6.92 Å². The fourth-order valence-electron chi connectivity index (χ4n) is 1.30. The zero-order valence-corrected chi connectivity index (χ0v) is 9.95. The maximum absolute atomic E-state index is 12.0. The van der Waals surface area contributed by atoms with E-state index in [1.54, 1.807) is 14.0 Å². The quantitative estimate of drug-likeness (QED) is 0.745. The molecule has 1 heterocycles. The second-order valence-corrected chi connectivity index (χ2v) is 5.38. The average Bonchev–Trinajstić information content (AvgIpc) is 2.46. The van der Waals surface area contributed by atoms with Gasteiger partial charge in [-0.15, -0.1) is 0 Å². The fraction of sp³-hybridized carbons (Fsp3) is 0.625. The molecule has 15 heavy (non-hydrogen) atoms. The molecule has 6 nitrogen and oxygen atoms in total. The Balaban J connectivity index is 3.11. The van der Waals surface area contributed by atoms with Gasteiger partial charge in [-0.1, -0.05) is 0 Å². The molecule has 0 radical (unpaired) electrons. The summed E-state index contributed by atoms with van der Waals surface area (Å²) in [5.41, 5.74) is 5.82. The molecule has 1 aromatic rings. The molecule has 0 aliphatic heterocycles. The van der Waals surface area contributed by atoms with Crippen molar-refractivity contribution in [2.75, 3.05) is 20.1 Å². The van der Waals surface area contributed by atoms with E-state index in [9.17, 15) is 8.42 Å². The molecule has 0 atom stereocenters. The first-order chi connectivity index (χ1) is 6.89. The predicted molar refractivity (Wildman–Crippen MR) is 56.8 cm³/mol. The standard InChI is InChI=1S/C8H16N4O2S/c1-7-8(6-11(2)10-7)15(13,14)12(3)5-4-9/h6H,4-5,9H2,1-3H3. The molecule has 0 aliphatic carbocycles. The van der Waals surface area contributed by atoms with Crippen LogP contribution in [0.4, 0.5) is 0 Å². The first-order valence-corrected chi connectivity index (χ1v) is 6.00. The molecule has 2 N–H and O–H groups in total. The molecule has 86 valence electrons. The molecule has 0 saturated carbocycles. The number of aryl methyl sites for hydroxylation is 2. The molecule has 0 amide bonds. The van der Waals surface area contributed by atoms with Crippen LogP contribution in [0.25, 0.3) is 0 Å². The SMILES string of the molecule is Cc1nn(C)cc1S(=O)(=O)N(C)CCN. The van der Waals surface area contributed by atoms with Gasteiger partial charge < -0.3 is 5.73 Å². The minimum absolute atomic E-state index is 0.237. The number of sulfonamides is 1. The Hall–Kier alpha value is -0.920. The second kappa shape index (κ2) is 4.30. The highest BCUT2D eigenvalue weighted by Crippen LogP contribution is 2.16. The fourth-order valence-corrected chi connectivity index (χ4v) is 2.68. The normalized spacial score (nSPS) is 12.3. The Morgan fingerprint density at radius 3 is 2.60 bits per heavy atom. The third-order valence-electron chi connectivity index (χ3n) is 2.10. The van der Waals surface area contributed by atoms with Crippen LogP contribution in [0.5, 0.6) is 0 Å². The van der Waals surface area contributed by atoms with Gasteiger partial charge in [0, 0.05) is 33.4 Å². The topological polar surface area (TPSA) is 81.2 Å².